The highest BCUT2D eigenvalue weighted by Crippen LogP contribution is 2.27. The van der Waals surface area contributed by atoms with Crippen LogP contribution in [0.3, 0.4) is 0 Å². The number of aryl methyl sites for hydroxylation is 1. The maximum absolute atomic E-state index is 4.37. The van der Waals surface area contributed by atoms with Crippen molar-refractivity contribution in [2.24, 2.45) is 0 Å². The Morgan fingerprint density at radius 3 is 1.83 bits per heavy atom. The molecule has 1 aromatic heterocycles. The first kappa shape index (κ1) is 14.4. The van der Waals surface area contributed by atoms with E-state index >= 15 is 0 Å². The lowest BCUT2D eigenvalue weighted by Crippen LogP contribution is -1.84. The second-order valence-electron chi connectivity index (χ2n) is 5.77. The van der Waals surface area contributed by atoms with Gasteiger partial charge < -0.3 is 0 Å². The summed E-state index contributed by atoms with van der Waals surface area (Å²) in [6.07, 6.45) is 0. The van der Waals surface area contributed by atoms with Crippen LogP contribution in [0, 0.1) is 6.92 Å². The van der Waals surface area contributed by atoms with Crippen molar-refractivity contribution in [1.82, 2.24) is 15.2 Å². The normalized spacial score (nSPS) is 10.7. The molecule has 0 saturated heterocycles. The summed E-state index contributed by atoms with van der Waals surface area (Å²) < 4.78 is 0. The molecule has 24 heavy (non-hydrogen) atoms. The zero-order chi connectivity index (χ0) is 16.4. The summed E-state index contributed by atoms with van der Waals surface area (Å²) in [5.74, 6) is 1.56. The molecule has 0 radical (unpaired) electrons. The van der Waals surface area contributed by atoms with Gasteiger partial charge in [-0.3, -0.25) is 5.10 Å². The van der Waals surface area contributed by atoms with Gasteiger partial charge in [0.1, 0.15) is 5.82 Å². The van der Waals surface area contributed by atoms with Crippen molar-refractivity contribution in [1.29, 1.82) is 0 Å². The average molecular weight is 311 g/mol. The van der Waals surface area contributed by atoms with Crippen molar-refractivity contribution < 1.29 is 0 Å². The van der Waals surface area contributed by atoms with E-state index in [2.05, 4.69) is 88.0 Å². The summed E-state index contributed by atoms with van der Waals surface area (Å²) >= 11 is 0. The van der Waals surface area contributed by atoms with Crippen molar-refractivity contribution in [3.8, 4) is 33.6 Å². The molecule has 0 bridgehead atoms. The summed E-state index contributed by atoms with van der Waals surface area (Å²) in [5, 5.41) is 7.08. The molecular formula is C21H17N3. The summed E-state index contributed by atoms with van der Waals surface area (Å²) in [6, 6.07) is 27.4. The molecule has 0 saturated carbocycles. The van der Waals surface area contributed by atoms with Crippen LogP contribution < -0.4 is 0 Å². The number of aromatic amines is 1. The number of hydrogen-bond donors (Lipinski definition) is 1. The average Bonchev–Trinajstić information content (AvgIpc) is 3.09. The van der Waals surface area contributed by atoms with Gasteiger partial charge in [-0.1, -0.05) is 72.8 Å². The quantitative estimate of drug-likeness (QED) is 0.571. The Kier molecular flexibility index (Phi) is 3.67. The van der Waals surface area contributed by atoms with Crippen molar-refractivity contribution in [3.63, 3.8) is 0 Å². The Balaban J connectivity index is 1.67. The first-order chi connectivity index (χ1) is 11.8. The third-order valence-corrected chi connectivity index (χ3v) is 4.04. The molecule has 3 heteroatoms. The van der Waals surface area contributed by atoms with Crippen LogP contribution in [0.2, 0.25) is 0 Å². The van der Waals surface area contributed by atoms with Gasteiger partial charge in [-0.15, -0.1) is 0 Å². The van der Waals surface area contributed by atoms with Gasteiger partial charge in [-0.2, -0.15) is 5.10 Å². The highest BCUT2D eigenvalue weighted by atomic mass is 15.2. The number of hydrogen-bond acceptors (Lipinski definition) is 2. The fourth-order valence-corrected chi connectivity index (χ4v) is 2.79. The molecule has 0 fully saturated rings. The van der Waals surface area contributed by atoms with Crippen molar-refractivity contribution in [3.05, 3.63) is 84.7 Å². The Labute approximate surface area is 141 Å². The van der Waals surface area contributed by atoms with E-state index in [1.54, 1.807) is 0 Å². The van der Waals surface area contributed by atoms with E-state index in [4.69, 9.17) is 0 Å². The maximum Gasteiger partial charge on any atom is 0.181 e. The molecule has 0 aliphatic carbocycles. The number of nitrogens with one attached hydrogen (secondary N) is 1. The standard InChI is InChI=1S/C21H17N3/c1-15-22-21(24-23-15)18-12-10-17(11-13-18)20-9-5-8-19(14-20)16-6-3-2-4-7-16/h2-14H,1H3,(H,22,23,24). The Morgan fingerprint density at radius 2 is 1.21 bits per heavy atom. The first-order valence-corrected chi connectivity index (χ1v) is 7.95. The molecule has 3 aromatic carbocycles. The number of H-pyrrole nitrogens is 1. The lowest BCUT2D eigenvalue weighted by atomic mass is 9.98. The van der Waals surface area contributed by atoms with E-state index in [9.17, 15) is 0 Å². The van der Waals surface area contributed by atoms with Gasteiger partial charge in [0.25, 0.3) is 0 Å². The van der Waals surface area contributed by atoms with E-state index in [1.807, 2.05) is 13.0 Å². The van der Waals surface area contributed by atoms with Gasteiger partial charge in [-0.05, 0) is 35.2 Å². The topological polar surface area (TPSA) is 41.6 Å². The molecular weight excluding hydrogens is 294 g/mol. The van der Waals surface area contributed by atoms with Crippen LogP contribution in [0.25, 0.3) is 33.6 Å². The molecule has 0 unspecified atom stereocenters. The van der Waals surface area contributed by atoms with Crippen LogP contribution in [0.5, 0.6) is 0 Å². The van der Waals surface area contributed by atoms with Gasteiger partial charge in [0, 0.05) is 5.56 Å². The fraction of sp³-hybridized carbons (Fsp3) is 0.0476. The largest absolute Gasteiger partial charge is 0.263 e. The minimum absolute atomic E-state index is 0.733. The summed E-state index contributed by atoms with van der Waals surface area (Å²) in [4.78, 5) is 4.37. The molecule has 0 aliphatic rings. The van der Waals surface area contributed by atoms with Gasteiger partial charge in [0.05, 0.1) is 0 Å². The zero-order valence-electron chi connectivity index (χ0n) is 13.4. The van der Waals surface area contributed by atoms with Crippen LogP contribution >= 0.6 is 0 Å². The predicted octanol–water partition coefficient (Wildman–Crippen LogP) is 5.11. The van der Waals surface area contributed by atoms with Crippen LogP contribution in [0.4, 0.5) is 0 Å². The number of benzene rings is 3. The second kappa shape index (κ2) is 6.13. The molecule has 0 aliphatic heterocycles. The molecule has 1 heterocycles. The van der Waals surface area contributed by atoms with Gasteiger partial charge in [0.2, 0.25) is 0 Å². The third-order valence-electron chi connectivity index (χ3n) is 4.04. The molecule has 0 spiro atoms. The van der Waals surface area contributed by atoms with Crippen molar-refractivity contribution >= 4 is 0 Å². The van der Waals surface area contributed by atoms with Crippen LogP contribution in [0.15, 0.2) is 78.9 Å². The highest BCUT2D eigenvalue weighted by Gasteiger charge is 2.05. The minimum Gasteiger partial charge on any atom is -0.263 e. The van der Waals surface area contributed by atoms with Gasteiger partial charge >= 0.3 is 0 Å². The Hall–Kier alpha value is -3.20. The smallest absolute Gasteiger partial charge is 0.181 e. The highest BCUT2D eigenvalue weighted by molar-refractivity contribution is 5.74. The monoisotopic (exact) mass is 311 g/mol. The van der Waals surface area contributed by atoms with Crippen molar-refractivity contribution in [2.75, 3.05) is 0 Å². The SMILES string of the molecule is Cc1nc(-c2ccc(-c3cccc(-c4ccccc4)c3)cc2)n[nH]1. The second-order valence-corrected chi connectivity index (χ2v) is 5.77. The van der Waals surface area contributed by atoms with Crippen LogP contribution in [-0.2, 0) is 0 Å². The van der Waals surface area contributed by atoms with Gasteiger partial charge in [0.15, 0.2) is 5.82 Å². The fourth-order valence-electron chi connectivity index (χ4n) is 2.79. The van der Waals surface area contributed by atoms with Crippen LogP contribution in [-0.4, -0.2) is 15.2 Å². The predicted molar refractivity (Wildman–Crippen MR) is 97.4 cm³/mol. The lowest BCUT2D eigenvalue weighted by Gasteiger charge is -2.06. The van der Waals surface area contributed by atoms with E-state index < -0.39 is 0 Å². The Bertz CT molecular complexity index is 954. The van der Waals surface area contributed by atoms with E-state index in [0.717, 1.165) is 17.2 Å². The minimum atomic E-state index is 0.733. The number of rotatable bonds is 3. The molecule has 4 aromatic rings. The zero-order valence-corrected chi connectivity index (χ0v) is 13.4. The molecule has 0 atom stereocenters. The van der Waals surface area contributed by atoms with E-state index in [-0.39, 0.29) is 0 Å². The molecule has 4 rings (SSSR count). The first-order valence-electron chi connectivity index (χ1n) is 7.95. The molecule has 116 valence electrons. The van der Waals surface area contributed by atoms with Gasteiger partial charge in [-0.25, -0.2) is 4.98 Å². The van der Waals surface area contributed by atoms with Crippen molar-refractivity contribution in [2.45, 2.75) is 6.92 Å². The molecule has 0 amide bonds. The lowest BCUT2D eigenvalue weighted by molar-refractivity contribution is 1.04. The summed E-state index contributed by atoms with van der Waals surface area (Å²) in [6.45, 7) is 1.90. The van der Waals surface area contributed by atoms with E-state index in [0.29, 0.717) is 0 Å². The molecule has 3 nitrogen and oxygen atoms in total. The molecule has 1 N–H and O–H groups in total. The number of aromatic nitrogens is 3. The van der Waals surface area contributed by atoms with Crippen LogP contribution in [0.1, 0.15) is 5.82 Å². The summed E-state index contributed by atoms with van der Waals surface area (Å²) in [5.41, 5.74) is 5.86. The summed E-state index contributed by atoms with van der Waals surface area (Å²) in [7, 11) is 0. The number of nitrogens with zero attached hydrogens (tertiary/aromatic N) is 2. The Morgan fingerprint density at radius 1 is 0.625 bits per heavy atom. The maximum atomic E-state index is 4.37. The van der Waals surface area contributed by atoms with E-state index in [1.165, 1.54) is 22.3 Å². The third kappa shape index (κ3) is 2.84.